The van der Waals surface area contributed by atoms with E-state index in [4.69, 9.17) is 5.73 Å². The van der Waals surface area contributed by atoms with Crippen LogP contribution in [0.15, 0.2) is 18.3 Å². The van der Waals surface area contributed by atoms with Gasteiger partial charge in [-0.15, -0.1) is 0 Å². The fourth-order valence-corrected chi connectivity index (χ4v) is 3.10. The van der Waals surface area contributed by atoms with Crippen LogP contribution in [-0.4, -0.2) is 39.2 Å². The number of nitrogens with two attached hydrogens (primary N) is 1. The number of nitrogens with zero attached hydrogens (tertiary/aromatic N) is 3. The average Bonchev–Trinajstić information content (AvgIpc) is 2.88. The lowest BCUT2D eigenvalue weighted by atomic mass is 9.96. The van der Waals surface area contributed by atoms with Gasteiger partial charge in [-0.1, -0.05) is 0 Å². The van der Waals surface area contributed by atoms with Crippen molar-refractivity contribution in [2.75, 3.05) is 13.1 Å². The maximum absolute atomic E-state index is 13.0. The highest BCUT2D eigenvalue weighted by Gasteiger charge is 2.33. The third-order valence-electron chi connectivity index (χ3n) is 4.51. The van der Waals surface area contributed by atoms with Crippen molar-refractivity contribution in [1.29, 1.82) is 0 Å². The SMILES string of the molecule is Cc1nc2ccc(C(F)(F)F)cn2c1C(=O)N1CCC(C(N)=O)CC1. The van der Waals surface area contributed by atoms with Gasteiger partial charge >= 0.3 is 6.18 Å². The Morgan fingerprint density at radius 3 is 2.44 bits per heavy atom. The number of fused-ring (bicyclic) bond motifs is 1. The summed E-state index contributed by atoms with van der Waals surface area (Å²) in [7, 11) is 0. The van der Waals surface area contributed by atoms with Crippen molar-refractivity contribution >= 4 is 17.5 Å². The number of carbonyl (C=O) groups is 2. The van der Waals surface area contributed by atoms with Gasteiger partial charge in [0.1, 0.15) is 11.3 Å². The fourth-order valence-electron chi connectivity index (χ4n) is 3.10. The Kier molecular flexibility index (Phi) is 4.18. The number of alkyl halides is 3. The molecule has 25 heavy (non-hydrogen) atoms. The third-order valence-corrected chi connectivity index (χ3v) is 4.51. The zero-order chi connectivity index (χ0) is 18.4. The van der Waals surface area contributed by atoms with Crippen molar-refractivity contribution < 1.29 is 22.8 Å². The van der Waals surface area contributed by atoms with Crippen LogP contribution in [0, 0.1) is 12.8 Å². The van der Waals surface area contributed by atoms with Gasteiger partial charge in [0.05, 0.1) is 11.3 Å². The van der Waals surface area contributed by atoms with Crippen LogP contribution in [0.2, 0.25) is 0 Å². The molecule has 134 valence electrons. The molecule has 9 heteroatoms. The molecule has 0 aromatic carbocycles. The highest BCUT2D eigenvalue weighted by molar-refractivity contribution is 5.95. The van der Waals surface area contributed by atoms with Crippen LogP contribution in [0.1, 0.15) is 34.6 Å². The Morgan fingerprint density at radius 2 is 1.88 bits per heavy atom. The van der Waals surface area contributed by atoms with Gasteiger partial charge in [0, 0.05) is 25.2 Å². The Hall–Kier alpha value is -2.58. The first-order valence-corrected chi connectivity index (χ1v) is 7.83. The molecule has 0 atom stereocenters. The topological polar surface area (TPSA) is 80.7 Å². The van der Waals surface area contributed by atoms with Crippen molar-refractivity contribution in [3.05, 3.63) is 35.3 Å². The molecule has 0 bridgehead atoms. The molecular weight excluding hydrogens is 337 g/mol. The van der Waals surface area contributed by atoms with Gasteiger partial charge in [-0.2, -0.15) is 13.2 Å². The molecule has 0 unspecified atom stereocenters. The maximum Gasteiger partial charge on any atom is 0.417 e. The minimum Gasteiger partial charge on any atom is -0.369 e. The van der Waals surface area contributed by atoms with Gasteiger partial charge in [-0.05, 0) is 31.9 Å². The maximum atomic E-state index is 13.0. The van der Waals surface area contributed by atoms with Gasteiger partial charge in [0.2, 0.25) is 5.91 Å². The van der Waals surface area contributed by atoms with E-state index in [0.29, 0.717) is 31.6 Å². The van der Waals surface area contributed by atoms with Crippen LogP contribution in [0.3, 0.4) is 0 Å². The lowest BCUT2D eigenvalue weighted by Crippen LogP contribution is -2.42. The number of piperidine rings is 1. The Bertz CT molecular complexity index is 836. The normalized spacial score (nSPS) is 16.4. The number of likely N-dealkylation sites (tertiary alicyclic amines) is 1. The number of primary amides is 1. The summed E-state index contributed by atoms with van der Waals surface area (Å²) in [5.41, 5.74) is 5.18. The summed E-state index contributed by atoms with van der Waals surface area (Å²) in [4.78, 5) is 29.7. The lowest BCUT2D eigenvalue weighted by molar-refractivity contribution is -0.137. The van der Waals surface area contributed by atoms with Crippen LogP contribution in [0.4, 0.5) is 13.2 Å². The summed E-state index contributed by atoms with van der Waals surface area (Å²) in [6, 6.07) is 2.18. The first-order valence-electron chi connectivity index (χ1n) is 7.83. The number of halogens is 3. The molecule has 1 fully saturated rings. The summed E-state index contributed by atoms with van der Waals surface area (Å²) in [5, 5.41) is 0. The van der Waals surface area contributed by atoms with Crippen molar-refractivity contribution in [2.24, 2.45) is 11.7 Å². The molecule has 0 saturated carbocycles. The van der Waals surface area contributed by atoms with E-state index < -0.39 is 23.6 Å². The standard InChI is InChI=1S/C16H17F3N4O2/c1-9-13(15(25)22-6-4-10(5-7-22)14(20)24)23-8-11(16(17,18)19)2-3-12(23)21-9/h2-3,8,10H,4-7H2,1H3,(H2,20,24). The molecular formula is C16H17F3N4O2. The number of imidazole rings is 1. The molecule has 3 heterocycles. The van der Waals surface area contributed by atoms with Crippen molar-refractivity contribution in [3.63, 3.8) is 0 Å². The van der Waals surface area contributed by atoms with Gasteiger partial charge in [-0.3, -0.25) is 14.0 Å². The number of aryl methyl sites for hydroxylation is 1. The third kappa shape index (κ3) is 3.18. The summed E-state index contributed by atoms with van der Waals surface area (Å²) in [5.74, 6) is -1.07. The van der Waals surface area contributed by atoms with E-state index in [9.17, 15) is 22.8 Å². The molecule has 0 aliphatic carbocycles. The zero-order valence-corrected chi connectivity index (χ0v) is 13.5. The largest absolute Gasteiger partial charge is 0.417 e. The number of hydrogen-bond acceptors (Lipinski definition) is 3. The van der Waals surface area contributed by atoms with Crippen molar-refractivity contribution in [3.8, 4) is 0 Å². The second kappa shape index (κ2) is 6.05. The van der Waals surface area contributed by atoms with Crippen molar-refractivity contribution in [2.45, 2.75) is 25.9 Å². The van der Waals surface area contributed by atoms with Gasteiger partial charge in [-0.25, -0.2) is 4.98 Å². The molecule has 1 saturated heterocycles. The quantitative estimate of drug-likeness (QED) is 0.896. The zero-order valence-electron chi connectivity index (χ0n) is 13.5. The minimum atomic E-state index is -4.51. The van der Waals surface area contributed by atoms with Gasteiger partial charge < -0.3 is 10.6 Å². The van der Waals surface area contributed by atoms with E-state index in [1.807, 2.05) is 0 Å². The number of rotatable bonds is 2. The molecule has 3 rings (SSSR count). The number of hydrogen-bond donors (Lipinski definition) is 1. The minimum absolute atomic E-state index is 0.110. The molecule has 1 aliphatic heterocycles. The molecule has 6 nitrogen and oxygen atoms in total. The number of pyridine rings is 1. The van der Waals surface area contributed by atoms with E-state index in [2.05, 4.69) is 4.98 Å². The Labute approximate surface area is 141 Å². The molecule has 2 N–H and O–H groups in total. The summed E-state index contributed by atoms with van der Waals surface area (Å²) < 4.78 is 40.0. The monoisotopic (exact) mass is 354 g/mol. The van der Waals surface area contributed by atoms with Crippen LogP contribution in [0.5, 0.6) is 0 Å². The first-order chi connectivity index (χ1) is 11.7. The van der Waals surface area contributed by atoms with E-state index >= 15 is 0 Å². The van der Waals surface area contributed by atoms with E-state index in [1.54, 1.807) is 6.92 Å². The highest BCUT2D eigenvalue weighted by Crippen LogP contribution is 2.30. The second-order valence-corrected chi connectivity index (χ2v) is 6.16. The van der Waals surface area contributed by atoms with Crippen LogP contribution in [-0.2, 0) is 11.0 Å². The molecule has 2 aromatic heterocycles. The molecule has 1 aliphatic rings. The first kappa shape index (κ1) is 17.2. The van der Waals surface area contributed by atoms with E-state index in [0.717, 1.165) is 12.3 Å². The average molecular weight is 354 g/mol. The number of carbonyl (C=O) groups excluding carboxylic acids is 2. The van der Waals surface area contributed by atoms with Crippen LogP contribution >= 0.6 is 0 Å². The van der Waals surface area contributed by atoms with Gasteiger partial charge in [0.15, 0.2) is 0 Å². The van der Waals surface area contributed by atoms with Crippen LogP contribution < -0.4 is 5.73 Å². The number of aromatic nitrogens is 2. The lowest BCUT2D eigenvalue weighted by Gasteiger charge is -2.30. The van der Waals surface area contributed by atoms with E-state index in [-0.39, 0.29) is 17.3 Å². The molecule has 2 amide bonds. The summed E-state index contributed by atoms with van der Waals surface area (Å²) in [6.07, 6.45) is -2.72. The predicted molar refractivity (Wildman–Crippen MR) is 82.8 cm³/mol. The summed E-state index contributed by atoms with van der Waals surface area (Å²) in [6.45, 7) is 2.25. The Balaban J connectivity index is 1.93. The predicted octanol–water partition coefficient (Wildman–Crippen LogP) is 2.00. The van der Waals surface area contributed by atoms with Crippen molar-refractivity contribution in [1.82, 2.24) is 14.3 Å². The molecule has 2 aromatic rings. The smallest absolute Gasteiger partial charge is 0.369 e. The highest BCUT2D eigenvalue weighted by atomic mass is 19.4. The molecule has 0 spiro atoms. The van der Waals surface area contributed by atoms with Crippen LogP contribution in [0.25, 0.3) is 5.65 Å². The second-order valence-electron chi connectivity index (χ2n) is 6.16. The van der Waals surface area contributed by atoms with Gasteiger partial charge in [0.25, 0.3) is 5.91 Å². The number of amides is 2. The molecule has 0 radical (unpaired) electrons. The van der Waals surface area contributed by atoms with E-state index in [1.165, 1.54) is 15.4 Å². The Morgan fingerprint density at radius 1 is 1.24 bits per heavy atom. The summed E-state index contributed by atoms with van der Waals surface area (Å²) >= 11 is 0. The fraction of sp³-hybridized carbons (Fsp3) is 0.438.